The molecule has 0 unspecified atom stereocenters. The first kappa shape index (κ1) is 13.2. The summed E-state index contributed by atoms with van der Waals surface area (Å²) < 4.78 is 35.4. The van der Waals surface area contributed by atoms with Crippen LogP contribution in [-0.2, 0) is 4.79 Å². The quantitative estimate of drug-likeness (QED) is 0.677. The summed E-state index contributed by atoms with van der Waals surface area (Å²) in [5.41, 5.74) is 0. The SMILES string of the molecule is O=C(NCCCN1CCNCC1)C(F)(F)F. The van der Waals surface area contributed by atoms with Gasteiger partial charge < -0.3 is 15.5 Å². The van der Waals surface area contributed by atoms with Crippen LogP contribution in [0.1, 0.15) is 6.42 Å². The van der Waals surface area contributed by atoms with E-state index in [0.717, 1.165) is 32.7 Å². The van der Waals surface area contributed by atoms with Gasteiger partial charge in [0.1, 0.15) is 0 Å². The van der Waals surface area contributed by atoms with Crippen molar-refractivity contribution in [2.75, 3.05) is 39.3 Å². The molecular weight excluding hydrogens is 223 g/mol. The van der Waals surface area contributed by atoms with E-state index in [1.807, 2.05) is 5.32 Å². The average Bonchev–Trinajstić information content (AvgIpc) is 2.24. The van der Waals surface area contributed by atoms with Crippen LogP contribution in [0.4, 0.5) is 13.2 Å². The summed E-state index contributed by atoms with van der Waals surface area (Å²) in [6.45, 7) is 4.44. The fourth-order valence-corrected chi connectivity index (χ4v) is 1.54. The maximum Gasteiger partial charge on any atom is 0.471 e. The second-order valence-corrected chi connectivity index (χ2v) is 3.70. The van der Waals surface area contributed by atoms with Gasteiger partial charge in [-0.1, -0.05) is 0 Å². The van der Waals surface area contributed by atoms with Crippen molar-refractivity contribution in [2.24, 2.45) is 0 Å². The summed E-state index contributed by atoms with van der Waals surface area (Å²) in [5.74, 6) is -1.85. The highest BCUT2D eigenvalue weighted by molar-refractivity contribution is 5.81. The molecule has 0 bridgehead atoms. The molecule has 0 atom stereocenters. The van der Waals surface area contributed by atoms with Crippen molar-refractivity contribution in [3.8, 4) is 0 Å². The van der Waals surface area contributed by atoms with Gasteiger partial charge in [0, 0.05) is 32.7 Å². The smallest absolute Gasteiger partial charge is 0.348 e. The molecule has 1 rings (SSSR count). The zero-order chi connectivity index (χ0) is 12.0. The highest BCUT2D eigenvalue weighted by Crippen LogP contribution is 2.13. The molecule has 1 aliphatic heterocycles. The van der Waals surface area contributed by atoms with Gasteiger partial charge in [-0.15, -0.1) is 0 Å². The normalized spacial score (nSPS) is 18.4. The molecule has 0 aromatic carbocycles. The molecule has 0 radical (unpaired) electrons. The van der Waals surface area contributed by atoms with E-state index in [4.69, 9.17) is 0 Å². The Morgan fingerprint density at radius 3 is 2.50 bits per heavy atom. The molecule has 1 fully saturated rings. The number of nitrogens with zero attached hydrogens (tertiary/aromatic N) is 1. The molecule has 0 saturated carbocycles. The Balaban J connectivity index is 2.05. The van der Waals surface area contributed by atoms with E-state index in [-0.39, 0.29) is 6.54 Å². The van der Waals surface area contributed by atoms with Crippen molar-refractivity contribution in [3.63, 3.8) is 0 Å². The van der Waals surface area contributed by atoms with Crippen LogP contribution in [0.15, 0.2) is 0 Å². The Morgan fingerprint density at radius 2 is 1.94 bits per heavy atom. The number of rotatable bonds is 4. The first-order valence-electron chi connectivity index (χ1n) is 5.28. The molecule has 1 heterocycles. The predicted octanol–water partition coefficient (Wildman–Crippen LogP) is -0.0398. The fourth-order valence-electron chi connectivity index (χ4n) is 1.54. The topological polar surface area (TPSA) is 44.4 Å². The van der Waals surface area contributed by atoms with Gasteiger partial charge in [0.15, 0.2) is 0 Å². The van der Waals surface area contributed by atoms with Gasteiger partial charge in [-0.05, 0) is 13.0 Å². The number of alkyl halides is 3. The number of nitrogens with one attached hydrogen (secondary N) is 2. The molecule has 7 heteroatoms. The van der Waals surface area contributed by atoms with Crippen LogP contribution in [0.3, 0.4) is 0 Å². The van der Waals surface area contributed by atoms with Gasteiger partial charge in [-0.2, -0.15) is 13.2 Å². The summed E-state index contributed by atoms with van der Waals surface area (Å²) in [5, 5.41) is 5.04. The second kappa shape index (κ2) is 6.05. The number of piperazine rings is 1. The minimum Gasteiger partial charge on any atom is -0.348 e. The summed E-state index contributed by atoms with van der Waals surface area (Å²) >= 11 is 0. The summed E-state index contributed by atoms with van der Waals surface area (Å²) in [7, 11) is 0. The molecule has 1 saturated heterocycles. The first-order valence-corrected chi connectivity index (χ1v) is 5.28. The van der Waals surface area contributed by atoms with Gasteiger partial charge in [0.05, 0.1) is 0 Å². The lowest BCUT2D eigenvalue weighted by Crippen LogP contribution is -2.44. The van der Waals surface area contributed by atoms with Crippen molar-refractivity contribution in [1.29, 1.82) is 0 Å². The Bertz CT molecular complexity index is 227. The zero-order valence-corrected chi connectivity index (χ0v) is 8.94. The molecule has 0 aliphatic carbocycles. The Kier molecular flexibility index (Phi) is 5.01. The average molecular weight is 239 g/mol. The van der Waals surface area contributed by atoms with Gasteiger partial charge in [0.25, 0.3) is 0 Å². The molecule has 1 aliphatic rings. The van der Waals surface area contributed by atoms with Crippen LogP contribution in [0.25, 0.3) is 0 Å². The third-order valence-electron chi connectivity index (χ3n) is 2.40. The Hall–Kier alpha value is -0.820. The maximum absolute atomic E-state index is 11.8. The molecule has 0 spiro atoms. The van der Waals surface area contributed by atoms with E-state index in [1.165, 1.54) is 0 Å². The van der Waals surface area contributed by atoms with E-state index < -0.39 is 12.1 Å². The van der Waals surface area contributed by atoms with Crippen LogP contribution < -0.4 is 10.6 Å². The number of carbonyl (C=O) groups is 1. The molecular formula is C9H16F3N3O. The molecule has 0 aromatic rings. The van der Waals surface area contributed by atoms with Crippen LogP contribution in [-0.4, -0.2) is 56.3 Å². The highest BCUT2D eigenvalue weighted by Gasteiger charge is 2.38. The number of hydrogen-bond donors (Lipinski definition) is 2. The van der Waals surface area contributed by atoms with E-state index in [9.17, 15) is 18.0 Å². The van der Waals surface area contributed by atoms with E-state index in [0.29, 0.717) is 6.42 Å². The summed E-state index contributed by atoms with van der Waals surface area (Å²) in [6.07, 6.45) is -4.23. The minimum absolute atomic E-state index is 0.0717. The molecule has 1 amide bonds. The van der Waals surface area contributed by atoms with Gasteiger partial charge >= 0.3 is 12.1 Å². The Labute approximate surface area is 92.2 Å². The predicted molar refractivity (Wildman–Crippen MR) is 53.0 cm³/mol. The van der Waals surface area contributed by atoms with Crippen molar-refractivity contribution < 1.29 is 18.0 Å². The zero-order valence-electron chi connectivity index (χ0n) is 8.94. The van der Waals surface area contributed by atoms with Gasteiger partial charge in [-0.3, -0.25) is 4.79 Å². The number of carbonyl (C=O) groups excluding carboxylic acids is 1. The number of halogens is 3. The van der Waals surface area contributed by atoms with Crippen LogP contribution in [0.5, 0.6) is 0 Å². The summed E-state index contributed by atoms with van der Waals surface area (Å²) in [4.78, 5) is 12.6. The lowest BCUT2D eigenvalue weighted by atomic mass is 10.3. The molecule has 2 N–H and O–H groups in total. The molecule has 94 valence electrons. The first-order chi connectivity index (χ1) is 7.50. The lowest BCUT2D eigenvalue weighted by molar-refractivity contribution is -0.173. The summed E-state index contributed by atoms with van der Waals surface area (Å²) in [6, 6.07) is 0. The van der Waals surface area contributed by atoms with Crippen LogP contribution in [0.2, 0.25) is 0 Å². The van der Waals surface area contributed by atoms with Crippen molar-refractivity contribution >= 4 is 5.91 Å². The van der Waals surface area contributed by atoms with E-state index >= 15 is 0 Å². The largest absolute Gasteiger partial charge is 0.471 e. The van der Waals surface area contributed by atoms with E-state index in [2.05, 4.69) is 10.2 Å². The fraction of sp³-hybridized carbons (Fsp3) is 0.889. The standard InChI is InChI=1S/C9H16F3N3O/c10-9(11,12)8(16)14-2-1-5-15-6-3-13-4-7-15/h13H,1-7H2,(H,14,16). The van der Waals surface area contributed by atoms with Gasteiger partial charge in [-0.25, -0.2) is 0 Å². The molecule has 16 heavy (non-hydrogen) atoms. The molecule has 4 nitrogen and oxygen atoms in total. The Morgan fingerprint density at radius 1 is 1.31 bits per heavy atom. The van der Waals surface area contributed by atoms with Crippen LogP contribution >= 0.6 is 0 Å². The van der Waals surface area contributed by atoms with E-state index in [1.54, 1.807) is 0 Å². The number of hydrogen-bond acceptors (Lipinski definition) is 3. The third kappa shape index (κ3) is 4.80. The van der Waals surface area contributed by atoms with Crippen molar-refractivity contribution in [3.05, 3.63) is 0 Å². The molecule has 0 aromatic heterocycles. The van der Waals surface area contributed by atoms with Crippen molar-refractivity contribution in [2.45, 2.75) is 12.6 Å². The highest BCUT2D eigenvalue weighted by atomic mass is 19.4. The monoisotopic (exact) mass is 239 g/mol. The second-order valence-electron chi connectivity index (χ2n) is 3.70. The van der Waals surface area contributed by atoms with Crippen LogP contribution in [0, 0.1) is 0 Å². The van der Waals surface area contributed by atoms with Gasteiger partial charge in [0.2, 0.25) is 0 Å². The minimum atomic E-state index is -4.77. The third-order valence-corrected chi connectivity index (χ3v) is 2.40. The lowest BCUT2D eigenvalue weighted by Gasteiger charge is -2.27. The maximum atomic E-state index is 11.8. The number of amides is 1. The van der Waals surface area contributed by atoms with Crippen molar-refractivity contribution in [1.82, 2.24) is 15.5 Å².